The molecule has 6 N–H and O–H groups in total. The van der Waals surface area contributed by atoms with Gasteiger partial charge in [-0.3, -0.25) is 4.79 Å². The number of primary amides is 1. The average molecular weight is 389 g/mol. The van der Waals surface area contributed by atoms with Gasteiger partial charge in [0.2, 0.25) is 5.91 Å². The summed E-state index contributed by atoms with van der Waals surface area (Å²) in [6, 6.07) is 3.67. The highest BCUT2D eigenvalue weighted by atomic mass is 19.1. The molecule has 1 aromatic carbocycles. The predicted octanol–water partition coefficient (Wildman–Crippen LogP) is 3.82. The maximum Gasteiger partial charge on any atom is 0.220 e. The first-order valence-electron chi connectivity index (χ1n) is 9.77. The molecule has 2 aliphatic carbocycles. The molecule has 1 saturated carbocycles. The maximum absolute atomic E-state index is 14.1. The zero-order valence-corrected chi connectivity index (χ0v) is 16.7. The number of hydrogen-bond acceptors (Lipinski definition) is 3. The van der Waals surface area contributed by atoms with Gasteiger partial charge in [0.15, 0.2) is 0 Å². The summed E-state index contributed by atoms with van der Waals surface area (Å²) >= 11 is 0. The molecule has 1 aromatic rings. The topological polar surface area (TPSA) is 95.1 Å². The van der Waals surface area contributed by atoms with E-state index in [1.165, 1.54) is 18.2 Å². The molecule has 6 heteroatoms. The molecular weight excluding hydrogens is 360 g/mol. The quantitative estimate of drug-likeness (QED) is 0.690. The van der Waals surface area contributed by atoms with Gasteiger partial charge in [0.1, 0.15) is 11.6 Å². The Hall–Kier alpha value is -2.37. The summed E-state index contributed by atoms with van der Waals surface area (Å²) in [5.74, 6) is -1.87. The van der Waals surface area contributed by atoms with E-state index in [0.29, 0.717) is 18.5 Å². The van der Waals surface area contributed by atoms with Crippen molar-refractivity contribution >= 4 is 11.6 Å². The van der Waals surface area contributed by atoms with E-state index < -0.39 is 11.6 Å². The highest BCUT2D eigenvalue weighted by Crippen LogP contribution is 2.69. The monoisotopic (exact) mass is 389 g/mol. The molecule has 1 fully saturated rings. The van der Waals surface area contributed by atoms with E-state index in [4.69, 9.17) is 17.2 Å². The lowest BCUT2D eigenvalue weighted by molar-refractivity contribution is -0.123. The molecule has 2 bridgehead atoms. The Morgan fingerprint density at radius 3 is 2.43 bits per heavy atom. The molecule has 0 saturated heterocycles. The van der Waals surface area contributed by atoms with Gasteiger partial charge >= 0.3 is 0 Å². The molecule has 2 aliphatic rings. The zero-order chi connectivity index (χ0) is 20.9. The lowest BCUT2D eigenvalue weighted by Gasteiger charge is -2.41. The van der Waals surface area contributed by atoms with E-state index >= 15 is 0 Å². The highest BCUT2D eigenvalue weighted by molar-refractivity contribution is 5.77. The van der Waals surface area contributed by atoms with Crippen LogP contribution in [-0.4, -0.2) is 5.91 Å². The molecule has 3 rings (SSSR count). The number of nitrogens with two attached hydrogens (primary N) is 3. The summed E-state index contributed by atoms with van der Waals surface area (Å²) in [4.78, 5) is 11.9. The van der Waals surface area contributed by atoms with Crippen LogP contribution in [0.5, 0.6) is 0 Å². The van der Waals surface area contributed by atoms with Crippen LogP contribution < -0.4 is 17.2 Å². The summed E-state index contributed by atoms with van der Waals surface area (Å²) in [7, 11) is 0. The second-order valence-corrected chi connectivity index (χ2v) is 8.67. The van der Waals surface area contributed by atoms with Crippen molar-refractivity contribution in [3.63, 3.8) is 0 Å². The summed E-state index contributed by atoms with van der Waals surface area (Å²) in [5.41, 5.74) is 19.0. The highest BCUT2D eigenvalue weighted by Gasteiger charge is 2.62. The fourth-order valence-corrected chi connectivity index (χ4v) is 5.43. The number of hydrogen-bond donors (Lipinski definition) is 3. The van der Waals surface area contributed by atoms with Gasteiger partial charge in [-0.15, -0.1) is 0 Å². The third-order valence-electron chi connectivity index (χ3n) is 7.22. The number of rotatable bonds is 6. The summed E-state index contributed by atoms with van der Waals surface area (Å²) in [6.45, 7) is 6.23. The lowest BCUT2D eigenvalue weighted by Crippen LogP contribution is -2.40. The molecule has 28 heavy (non-hydrogen) atoms. The van der Waals surface area contributed by atoms with Crippen LogP contribution in [0.25, 0.3) is 5.70 Å². The van der Waals surface area contributed by atoms with Gasteiger partial charge in [0.05, 0.1) is 5.56 Å². The first kappa shape index (κ1) is 20.4. The molecular formula is C22H29F2N3O. The molecule has 0 aromatic heterocycles. The Morgan fingerprint density at radius 2 is 1.89 bits per heavy atom. The van der Waals surface area contributed by atoms with Crippen molar-refractivity contribution in [2.45, 2.75) is 46.5 Å². The van der Waals surface area contributed by atoms with Gasteiger partial charge in [0, 0.05) is 22.7 Å². The number of fused-ring (bicyclic) bond motifs is 2. The molecule has 0 radical (unpaired) electrons. The zero-order valence-electron chi connectivity index (χ0n) is 16.7. The smallest absolute Gasteiger partial charge is 0.220 e. The Balaban J connectivity index is 2.07. The first-order chi connectivity index (χ1) is 13.1. The lowest BCUT2D eigenvalue weighted by atomic mass is 9.63. The molecule has 0 heterocycles. The third kappa shape index (κ3) is 2.81. The van der Waals surface area contributed by atoms with Gasteiger partial charge in [0.25, 0.3) is 0 Å². The van der Waals surface area contributed by atoms with Gasteiger partial charge < -0.3 is 17.2 Å². The largest absolute Gasteiger partial charge is 0.401 e. The Morgan fingerprint density at radius 1 is 1.29 bits per heavy atom. The van der Waals surface area contributed by atoms with Crippen LogP contribution in [0.15, 0.2) is 35.5 Å². The molecule has 3 atom stereocenters. The second kappa shape index (κ2) is 6.90. The van der Waals surface area contributed by atoms with E-state index in [1.54, 1.807) is 6.08 Å². The third-order valence-corrected chi connectivity index (χ3v) is 7.22. The minimum atomic E-state index is -0.704. The molecule has 1 amide bonds. The molecule has 4 nitrogen and oxygen atoms in total. The number of halogens is 2. The van der Waals surface area contributed by atoms with Crippen molar-refractivity contribution < 1.29 is 13.6 Å². The van der Waals surface area contributed by atoms with Crippen molar-refractivity contribution in [3.05, 3.63) is 52.7 Å². The van der Waals surface area contributed by atoms with Crippen molar-refractivity contribution in [2.75, 3.05) is 0 Å². The molecule has 0 spiro atoms. The molecule has 152 valence electrons. The van der Waals surface area contributed by atoms with E-state index in [0.717, 1.165) is 18.4 Å². The fraction of sp³-hybridized carbons (Fsp3) is 0.500. The SMILES string of the molecule is CC[C@H](C[C@@]12CC[C@@H](C(/C=C(\N)c3c(F)cccc3F)=C1N)C2(C)C)C(N)=O. The average Bonchev–Trinajstić information content (AvgIpc) is 2.94. The number of benzene rings is 1. The van der Waals surface area contributed by atoms with Crippen LogP contribution >= 0.6 is 0 Å². The molecule has 0 unspecified atom stereocenters. The fourth-order valence-electron chi connectivity index (χ4n) is 5.43. The van der Waals surface area contributed by atoms with E-state index in [9.17, 15) is 13.6 Å². The Bertz CT molecular complexity index is 854. The van der Waals surface area contributed by atoms with Gasteiger partial charge in [-0.2, -0.15) is 0 Å². The predicted molar refractivity (Wildman–Crippen MR) is 106 cm³/mol. The van der Waals surface area contributed by atoms with Crippen LogP contribution in [0.4, 0.5) is 8.78 Å². The number of carbonyl (C=O) groups excluding carboxylic acids is 1. The number of carbonyl (C=O) groups is 1. The van der Waals surface area contributed by atoms with Gasteiger partial charge in [-0.25, -0.2) is 8.78 Å². The van der Waals surface area contributed by atoms with Crippen LogP contribution in [0.1, 0.15) is 52.0 Å². The molecule has 0 aliphatic heterocycles. The van der Waals surface area contributed by atoms with Crippen molar-refractivity contribution in [1.82, 2.24) is 0 Å². The van der Waals surface area contributed by atoms with Crippen LogP contribution in [-0.2, 0) is 4.79 Å². The van der Waals surface area contributed by atoms with Crippen molar-refractivity contribution in [1.29, 1.82) is 0 Å². The summed E-state index contributed by atoms with van der Waals surface area (Å²) in [6.07, 6.45) is 4.61. The van der Waals surface area contributed by atoms with Crippen molar-refractivity contribution in [2.24, 2.45) is 39.9 Å². The van der Waals surface area contributed by atoms with Crippen LogP contribution in [0.2, 0.25) is 0 Å². The Kier molecular flexibility index (Phi) is 5.02. The number of amides is 1. The number of allylic oxidation sites excluding steroid dienone is 3. The van der Waals surface area contributed by atoms with Crippen LogP contribution in [0, 0.1) is 34.3 Å². The normalized spacial score (nSPS) is 27.3. The maximum atomic E-state index is 14.1. The first-order valence-corrected chi connectivity index (χ1v) is 9.77. The summed E-state index contributed by atoms with van der Waals surface area (Å²) in [5, 5.41) is 0. The standard InChI is InChI=1S/C22H29F2N3O/c1-4-12(20(27)28)11-22-9-8-14(21(22,2)3)13(19(22)26)10-17(25)18-15(23)6-5-7-16(18)24/h5-7,10,12,14H,4,8-9,11,25-26H2,1-3H3,(H2,27,28)/b17-10-/t12-,14+,22+/m1/s1. The van der Waals surface area contributed by atoms with Gasteiger partial charge in [-0.05, 0) is 60.8 Å². The van der Waals surface area contributed by atoms with E-state index in [2.05, 4.69) is 13.8 Å². The second-order valence-electron chi connectivity index (χ2n) is 8.67. The van der Waals surface area contributed by atoms with Gasteiger partial charge in [-0.1, -0.05) is 26.8 Å². The Labute approximate surface area is 164 Å². The van der Waals surface area contributed by atoms with E-state index in [1.807, 2.05) is 6.92 Å². The minimum absolute atomic E-state index is 0.0222. The van der Waals surface area contributed by atoms with Crippen molar-refractivity contribution in [3.8, 4) is 0 Å². The van der Waals surface area contributed by atoms with Crippen LogP contribution in [0.3, 0.4) is 0 Å². The summed E-state index contributed by atoms with van der Waals surface area (Å²) < 4.78 is 28.3. The van der Waals surface area contributed by atoms with E-state index in [-0.39, 0.29) is 39.8 Å². The minimum Gasteiger partial charge on any atom is -0.401 e.